The number of hydrogen-bond donors (Lipinski definition) is 3. The molecule has 3 N–H and O–H groups in total. The summed E-state index contributed by atoms with van der Waals surface area (Å²) in [6.45, 7) is 0.464. The second kappa shape index (κ2) is 14.6. The van der Waals surface area contributed by atoms with Gasteiger partial charge in [-0.25, -0.2) is 9.97 Å². The van der Waals surface area contributed by atoms with Gasteiger partial charge in [0.2, 0.25) is 23.6 Å². The van der Waals surface area contributed by atoms with Crippen molar-refractivity contribution in [2.24, 2.45) is 17.8 Å². The quantitative estimate of drug-likeness (QED) is 0.164. The monoisotopic (exact) mass is 741 g/mol. The molecule has 6 atom stereocenters. The lowest BCUT2D eigenvalue weighted by Gasteiger charge is -2.20. The number of aromatic nitrogens is 4. The average Bonchev–Trinajstić information content (AvgIpc) is 3.92. The van der Waals surface area contributed by atoms with Crippen LogP contribution in [0.2, 0.25) is 10.0 Å². The van der Waals surface area contributed by atoms with Crippen LogP contribution in [0.5, 0.6) is 11.8 Å². The van der Waals surface area contributed by atoms with Gasteiger partial charge in [-0.05, 0) is 56.3 Å². The van der Waals surface area contributed by atoms with Gasteiger partial charge >= 0.3 is 0 Å². The molecule has 2 aromatic carbocycles. The third-order valence-corrected chi connectivity index (χ3v) is 12.2. The maximum absolute atomic E-state index is 11.9. The number of aryl methyl sites for hydroxylation is 1. The summed E-state index contributed by atoms with van der Waals surface area (Å²) in [5.41, 5.74) is 5.49. The van der Waals surface area contributed by atoms with Crippen LogP contribution in [-0.4, -0.2) is 64.1 Å². The Labute approximate surface area is 312 Å². The van der Waals surface area contributed by atoms with E-state index in [2.05, 4.69) is 16.0 Å². The molecule has 2 aromatic heterocycles. The lowest BCUT2D eigenvalue weighted by Crippen LogP contribution is -2.44. The lowest BCUT2D eigenvalue weighted by atomic mass is 9.94. The SMILES string of the molecule is COc1nc(-c2cccc(-c3cccc(-c4cnc(CN[C@@H]5CC[C@@H]6CC(=O)N[C@@H]65)c(OC)n4)c3Cl)c2Cl)cnc1CC[C@@H]1CC[C@@H]2CC(=O)N[C@H]12. The van der Waals surface area contributed by atoms with Crippen molar-refractivity contribution in [2.45, 2.75) is 76.0 Å². The van der Waals surface area contributed by atoms with E-state index in [1.807, 2.05) is 36.4 Å². The Kier molecular flexibility index (Phi) is 9.76. The predicted octanol–water partition coefficient (Wildman–Crippen LogP) is 6.20. The molecule has 2 amide bonds. The Morgan fingerprint density at radius 1 is 0.731 bits per heavy atom. The molecule has 52 heavy (non-hydrogen) atoms. The van der Waals surface area contributed by atoms with Crippen molar-refractivity contribution in [3.63, 3.8) is 0 Å². The number of benzene rings is 2. The van der Waals surface area contributed by atoms with Crippen molar-refractivity contribution in [3.8, 4) is 45.4 Å². The largest absolute Gasteiger partial charge is 0.480 e. The molecule has 2 saturated carbocycles. The second-order valence-corrected chi connectivity index (χ2v) is 15.1. The molecule has 0 spiro atoms. The van der Waals surface area contributed by atoms with Crippen molar-refractivity contribution in [2.75, 3.05) is 14.2 Å². The molecule has 4 aromatic rings. The number of halogens is 2. The maximum atomic E-state index is 11.9. The van der Waals surface area contributed by atoms with E-state index >= 15 is 0 Å². The highest BCUT2D eigenvalue weighted by atomic mass is 35.5. The highest BCUT2D eigenvalue weighted by Crippen LogP contribution is 2.43. The van der Waals surface area contributed by atoms with Gasteiger partial charge in [-0.3, -0.25) is 19.6 Å². The summed E-state index contributed by atoms with van der Waals surface area (Å²) in [5, 5.41) is 10.8. The van der Waals surface area contributed by atoms with E-state index in [1.54, 1.807) is 26.6 Å². The predicted molar refractivity (Wildman–Crippen MR) is 198 cm³/mol. The molecule has 2 aliphatic carbocycles. The van der Waals surface area contributed by atoms with E-state index in [9.17, 15) is 9.59 Å². The topological polar surface area (TPSA) is 140 Å². The summed E-state index contributed by atoms with van der Waals surface area (Å²) < 4.78 is 11.4. The number of carbonyl (C=O) groups excluding carboxylic acids is 2. The summed E-state index contributed by atoms with van der Waals surface area (Å²) in [6, 6.07) is 12.1. The van der Waals surface area contributed by atoms with E-state index in [0.29, 0.717) is 93.6 Å². The fraction of sp³-hybridized carbons (Fsp3) is 0.436. The van der Waals surface area contributed by atoms with E-state index in [1.165, 1.54) is 0 Å². The lowest BCUT2D eigenvalue weighted by molar-refractivity contribution is -0.120. The van der Waals surface area contributed by atoms with Crippen LogP contribution in [0.25, 0.3) is 33.6 Å². The Balaban J connectivity index is 1.00. The molecule has 0 unspecified atom stereocenters. The third kappa shape index (κ3) is 6.58. The van der Waals surface area contributed by atoms with Gasteiger partial charge in [-0.15, -0.1) is 0 Å². The molecule has 13 heteroatoms. The minimum absolute atomic E-state index is 0.129. The van der Waals surface area contributed by atoms with Crippen LogP contribution in [-0.2, 0) is 22.6 Å². The van der Waals surface area contributed by atoms with Gasteiger partial charge in [0, 0.05) is 59.8 Å². The van der Waals surface area contributed by atoms with Crippen molar-refractivity contribution in [1.82, 2.24) is 35.9 Å². The van der Waals surface area contributed by atoms with E-state index in [4.69, 9.17) is 52.6 Å². The van der Waals surface area contributed by atoms with Gasteiger partial charge in [-0.1, -0.05) is 59.6 Å². The fourth-order valence-electron chi connectivity index (χ4n) is 8.78. The normalized spacial score (nSPS) is 24.8. The number of nitrogens with zero attached hydrogens (tertiary/aromatic N) is 4. The van der Waals surface area contributed by atoms with Gasteiger partial charge in [0.25, 0.3) is 0 Å². The van der Waals surface area contributed by atoms with Gasteiger partial charge in [0.15, 0.2) is 0 Å². The van der Waals surface area contributed by atoms with Gasteiger partial charge < -0.3 is 25.4 Å². The summed E-state index contributed by atoms with van der Waals surface area (Å²) in [5.74, 6) is 2.45. The maximum Gasteiger partial charge on any atom is 0.237 e. The molecule has 4 heterocycles. The van der Waals surface area contributed by atoms with Crippen LogP contribution >= 0.6 is 23.2 Å². The molecule has 0 bridgehead atoms. The zero-order valence-corrected chi connectivity index (χ0v) is 30.6. The number of ether oxygens (including phenoxy) is 2. The minimum atomic E-state index is 0.129. The Morgan fingerprint density at radius 3 is 1.90 bits per heavy atom. The Morgan fingerprint density at radius 2 is 1.27 bits per heavy atom. The first kappa shape index (κ1) is 34.7. The van der Waals surface area contributed by atoms with Gasteiger partial charge in [0.05, 0.1) is 48.0 Å². The van der Waals surface area contributed by atoms with Crippen LogP contribution in [0.1, 0.15) is 56.3 Å². The van der Waals surface area contributed by atoms with Crippen molar-refractivity contribution in [1.29, 1.82) is 0 Å². The van der Waals surface area contributed by atoms with Crippen LogP contribution in [0.3, 0.4) is 0 Å². The standard InChI is InChI=1S/C39H41Cl2N7O4/c1-51-38-28(14-11-20-9-10-21-15-32(49)47-36(20)21)43-17-29(45-38)25-7-3-5-23(34(25)40)24-6-4-8-26(35(24)41)30-18-44-31(39(46-30)52-2)19-42-27-13-12-22-16-33(50)48-37(22)27/h3-8,17-18,20-22,27,36-37,42H,9-16,19H2,1-2H3,(H,47,49)(H,48,50)/t20-,21+,22+,27+,36+,37-/m0/s1. The molecule has 11 nitrogen and oxygen atoms in total. The van der Waals surface area contributed by atoms with Crippen LogP contribution in [0.4, 0.5) is 0 Å². The second-order valence-electron chi connectivity index (χ2n) is 14.3. The molecular weight excluding hydrogens is 701 g/mol. The van der Waals surface area contributed by atoms with E-state index in [-0.39, 0.29) is 29.9 Å². The number of hydrogen-bond acceptors (Lipinski definition) is 9. The smallest absolute Gasteiger partial charge is 0.237 e. The molecule has 4 fully saturated rings. The molecule has 2 aliphatic heterocycles. The minimum Gasteiger partial charge on any atom is -0.480 e. The van der Waals surface area contributed by atoms with Crippen molar-refractivity contribution >= 4 is 35.0 Å². The average molecular weight is 743 g/mol. The first-order valence-electron chi connectivity index (χ1n) is 18.0. The molecule has 270 valence electrons. The number of fused-ring (bicyclic) bond motifs is 2. The summed E-state index contributed by atoms with van der Waals surface area (Å²) >= 11 is 14.2. The van der Waals surface area contributed by atoms with Gasteiger partial charge in [0.1, 0.15) is 11.4 Å². The fourth-order valence-corrected chi connectivity index (χ4v) is 9.43. The number of nitrogens with one attached hydrogen (secondary N) is 3. The molecule has 8 rings (SSSR count). The first-order chi connectivity index (χ1) is 25.3. The summed E-state index contributed by atoms with van der Waals surface area (Å²) in [4.78, 5) is 42.9. The zero-order valence-electron chi connectivity index (χ0n) is 29.1. The first-order valence-corrected chi connectivity index (χ1v) is 18.8. The summed E-state index contributed by atoms with van der Waals surface area (Å²) in [7, 11) is 3.18. The van der Waals surface area contributed by atoms with Gasteiger partial charge in [-0.2, -0.15) is 0 Å². The zero-order chi connectivity index (χ0) is 35.9. The Bertz CT molecular complexity index is 1890. The van der Waals surface area contributed by atoms with Crippen LogP contribution in [0.15, 0.2) is 48.8 Å². The number of amides is 2. The molecule has 4 aliphatic rings. The Hall–Kier alpha value is -4.32. The molecule has 2 saturated heterocycles. The third-order valence-electron chi connectivity index (χ3n) is 11.4. The van der Waals surface area contributed by atoms with Crippen LogP contribution in [0, 0.1) is 17.8 Å². The number of rotatable bonds is 11. The highest BCUT2D eigenvalue weighted by molar-refractivity contribution is 6.39. The van der Waals surface area contributed by atoms with E-state index in [0.717, 1.165) is 48.9 Å². The molecular formula is C39H41Cl2N7O4. The summed E-state index contributed by atoms with van der Waals surface area (Å²) in [6.07, 6.45) is 10.6. The highest BCUT2D eigenvalue weighted by Gasteiger charge is 2.43. The van der Waals surface area contributed by atoms with Crippen LogP contribution < -0.4 is 25.4 Å². The van der Waals surface area contributed by atoms with E-state index < -0.39 is 0 Å². The number of carbonyl (C=O) groups is 2. The van der Waals surface area contributed by atoms with Crippen molar-refractivity contribution in [3.05, 3.63) is 70.2 Å². The molecule has 0 radical (unpaired) electrons. The number of methoxy groups -OCH3 is 2. The van der Waals surface area contributed by atoms with Crippen molar-refractivity contribution < 1.29 is 19.1 Å².